The Morgan fingerprint density at radius 2 is 1.80 bits per heavy atom. The number of hydrogen-bond donors (Lipinski definition) is 3. The third kappa shape index (κ3) is 3.98. The van der Waals surface area contributed by atoms with Crippen molar-refractivity contribution in [1.82, 2.24) is 15.5 Å². The molecule has 3 amide bonds. The summed E-state index contributed by atoms with van der Waals surface area (Å²) in [5, 5.41) is 14.2. The third-order valence-corrected chi connectivity index (χ3v) is 4.90. The highest BCUT2D eigenvalue weighted by atomic mass is 19.4. The molecule has 2 aliphatic rings. The van der Waals surface area contributed by atoms with Gasteiger partial charge in [0.1, 0.15) is 5.54 Å². The van der Waals surface area contributed by atoms with Gasteiger partial charge < -0.3 is 20.6 Å². The van der Waals surface area contributed by atoms with Gasteiger partial charge >= 0.3 is 18.2 Å². The molecule has 10 heteroatoms. The van der Waals surface area contributed by atoms with E-state index in [-0.39, 0.29) is 0 Å². The number of carboxylic acid groups (broad SMARTS) is 1. The Morgan fingerprint density at radius 1 is 1.20 bits per heavy atom. The molecule has 0 bridgehead atoms. The Balaban J connectivity index is 2.19. The van der Waals surface area contributed by atoms with Crippen molar-refractivity contribution in [2.75, 3.05) is 19.6 Å². The van der Waals surface area contributed by atoms with Crippen molar-refractivity contribution in [3.63, 3.8) is 0 Å². The zero-order valence-electron chi connectivity index (χ0n) is 13.9. The summed E-state index contributed by atoms with van der Waals surface area (Å²) in [6.45, 7) is 0.848. The Kier molecular flexibility index (Phi) is 5.48. The van der Waals surface area contributed by atoms with Gasteiger partial charge in [0.15, 0.2) is 0 Å². The maximum atomic E-state index is 13.1. The zero-order chi connectivity index (χ0) is 18.8. The molecule has 2 fully saturated rings. The first-order valence-electron chi connectivity index (χ1n) is 8.25. The first-order chi connectivity index (χ1) is 11.6. The van der Waals surface area contributed by atoms with E-state index in [2.05, 4.69) is 10.6 Å². The molecule has 0 aromatic heterocycles. The van der Waals surface area contributed by atoms with Crippen LogP contribution in [0.5, 0.6) is 0 Å². The predicted octanol–water partition coefficient (Wildman–Crippen LogP) is 1.34. The lowest BCUT2D eigenvalue weighted by atomic mass is 9.95. The number of amides is 3. The van der Waals surface area contributed by atoms with Crippen LogP contribution in [0.15, 0.2) is 0 Å². The van der Waals surface area contributed by atoms with Gasteiger partial charge in [-0.1, -0.05) is 12.8 Å². The van der Waals surface area contributed by atoms with Gasteiger partial charge in [-0.15, -0.1) is 0 Å². The first-order valence-corrected chi connectivity index (χ1v) is 8.25. The normalized spacial score (nSPS) is 25.7. The molecule has 1 aliphatic heterocycles. The van der Waals surface area contributed by atoms with E-state index < -0.39 is 54.5 Å². The summed E-state index contributed by atoms with van der Waals surface area (Å²) in [4.78, 5) is 36.8. The van der Waals surface area contributed by atoms with E-state index in [1.165, 1.54) is 0 Å². The maximum Gasteiger partial charge on any atom is 0.394 e. The van der Waals surface area contributed by atoms with Crippen LogP contribution in [0, 0.1) is 11.8 Å². The Hall–Kier alpha value is -2.00. The minimum atomic E-state index is -4.70. The summed E-state index contributed by atoms with van der Waals surface area (Å²) in [5.41, 5.74) is -1.26. The molecule has 1 saturated carbocycles. The summed E-state index contributed by atoms with van der Waals surface area (Å²) in [6, 6.07) is -0.556. The Labute approximate surface area is 142 Å². The van der Waals surface area contributed by atoms with Gasteiger partial charge in [-0.2, -0.15) is 13.2 Å². The summed E-state index contributed by atoms with van der Waals surface area (Å²) < 4.78 is 39.3. The number of nitrogens with one attached hydrogen (secondary N) is 2. The Morgan fingerprint density at radius 3 is 2.24 bits per heavy atom. The molecule has 0 aromatic carbocycles. The molecule has 1 saturated heterocycles. The summed E-state index contributed by atoms with van der Waals surface area (Å²) >= 11 is 0. The van der Waals surface area contributed by atoms with Crippen molar-refractivity contribution < 1.29 is 32.7 Å². The van der Waals surface area contributed by atoms with Crippen LogP contribution in [0.3, 0.4) is 0 Å². The quantitative estimate of drug-likeness (QED) is 0.700. The lowest BCUT2D eigenvalue weighted by Gasteiger charge is -2.33. The molecule has 2 atom stereocenters. The second kappa shape index (κ2) is 7.09. The van der Waals surface area contributed by atoms with Crippen molar-refractivity contribution in [2.24, 2.45) is 11.8 Å². The van der Waals surface area contributed by atoms with E-state index in [0.29, 0.717) is 32.2 Å². The average molecular weight is 365 g/mol. The van der Waals surface area contributed by atoms with Crippen LogP contribution >= 0.6 is 0 Å². The standard InChI is InChI=1S/C15H22F3N3O4/c1-2-19-13(25)20-14(5-3-4-6-14)12(24)21-7-9(11(22)23)10(8-21)15(16,17)18/h9-10H,2-8H2,1H3,(H,22,23)(H2,19,20,25)/t9-,10-/m1/s1. The number of aliphatic carboxylic acids is 1. The van der Waals surface area contributed by atoms with Gasteiger partial charge in [0.25, 0.3) is 0 Å². The van der Waals surface area contributed by atoms with Crippen LogP contribution in [0.25, 0.3) is 0 Å². The largest absolute Gasteiger partial charge is 0.481 e. The van der Waals surface area contributed by atoms with Gasteiger partial charge in [-0.25, -0.2) is 4.79 Å². The molecule has 2 rings (SSSR count). The fourth-order valence-corrected chi connectivity index (χ4v) is 3.65. The fourth-order valence-electron chi connectivity index (χ4n) is 3.65. The highest BCUT2D eigenvalue weighted by molar-refractivity contribution is 5.92. The van der Waals surface area contributed by atoms with Gasteiger partial charge in [-0.3, -0.25) is 9.59 Å². The molecule has 1 heterocycles. The van der Waals surface area contributed by atoms with Crippen molar-refractivity contribution in [2.45, 2.75) is 44.3 Å². The highest BCUT2D eigenvalue weighted by Gasteiger charge is 2.56. The molecule has 0 radical (unpaired) electrons. The van der Waals surface area contributed by atoms with E-state index in [1.54, 1.807) is 6.92 Å². The number of urea groups is 1. The van der Waals surface area contributed by atoms with Gasteiger partial charge in [0.05, 0.1) is 11.8 Å². The number of alkyl halides is 3. The van der Waals surface area contributed by atoms with Crippen molar-refractivity contribution in [1.29, 1.82) is 0 Å². The second-order valence-electron chi connectivity index (χ2n) is 6.58. The van der Waals surface area contributed by atoms with Gasteiger partial charge in [0, 0.05) is 19.6 Å². The molecule has 25 heavy (non-hydrogen) atoms. The Bertz CT molecular complexity index is 547. The first kappa shape index (κ1) is 19.3. The van der Waals surface area contributed by atoms with E-state index >= 15 is 0 Å². The van der Waals surface area contributed by atoms with Crippen LogP contribution in [-0.4, -0.2) is 59.3 Å². The van der Waals surface area contributed by atoms with Crippen LogP contribution in [0.2, 0.25) is 0 Å². The average Bonchev–Trinajstić information content (AvgIpc) is 3.13. The predicted molar refractivity (Wildman–Crippen MR) is 80.7 cm³/mol. The molecular formula is C15H22F3N3O4. The number of carbonyl (C=O) groups excluding carboxylic acids is 2. The molecule has 142 valence electrons. The van der Waals surface area contributed by atoms with Crippen LogP contribution in [0.4, 0.5) is 18.0 Å². The molecule has 0 aromatic rings. The number of likely N-dealkylation sites (tertiary alicyclic amines) is 1. The topological polar surface area (TPSA) is 98.7 Å². The van der Waals surface area contributed by atoms with E-state index in [1.807, 2.05) is 0 Å². The minimum Gasteiger partial charge on any atom is -0.481 e. The molecule has 0 unspecified atom stereocenters. The smallest absolute Gasteiger partial charge is 0.394 e. The van der Waals surface area contributed by atoms with E-state index in [4.69, 9.17) is 5.11 Å². The summed E-state index contributed by atoms with van der Waals surface area (Å²) in [5.74, 6) is -5.99. The maximum absolute atomic E-state index is 13.1. The zero-order valence-corrected chi connectivity index (χ0v) is 13.9. The molecule has 1 aliphatic carbocycles. The number of rotatable bonds is 4. The molecular weight excluding hydrogens is 343 g/mol. The summed E-state index contributed by atoms with van der Waals surface area (Å²) in [7, 11) is 0. The highest BCUT2D eigenvalue weighted by Crippen LogP contribution is 2.40. The number of carbonyl (C=O) groups is 3. The second-order valence-corrected chi connectivity index (χ2v) is 6.58. The number of nitrogens with zero attached hydrogens (tertiary/aromatic N) is 1. The van der Waals surface area contributed by atoms with Crippen LogP contribution in [-0.2, 0) is 9.59 Å². The molecule has 3 N–H and O–H groups in total. The number of halogens is 3. The number of carboxylic acids is 1. The van der Waals surface area contributed by atoms with Crippen LogP contribution < -0.4 is 10.6 Å². The van der Waals surface area contributed by atoms with Crippen molar-refractivity contribution >= 4 is 17.9 Å². The van der Waals surface area contributed by atoms with Gasteiger partial charge in [0.2, 0.25) is 5.91 Å². The SMILES string of the molecule is CCNC(=O)NC1(C(=O)N2C[C@@H](C(F)(F)F)[C@H](C(=O)O)C2)CCCC1. The minimum absolute atomic E-state index is 0.327. The lowest BCUT2D eigenvalue weighted by Crippen LogP contribution is -2.59. The molecule has 7 nitrogen and oxygen atoms in total. The van der Waals surface area contributed by atoms with Crippen LogP contribution in [0.1, 0.15) is 32.6 Å². The number of hydrogen-bond acceptors (Lipinski definition) is 3. The van der Waals surface area contributed by atoms with E-state index in [9.17, 15) is 27.6 Å². The lowest BCUT2D eigenvalue weighted by molar-refractivity contribution is -0.188. The van der Waals surface area contributed by atoms with E-state index in [0.717, 1.165) is 4.90 Å². The fraction of sp³-hybridized carbons (Fsp3) is 0.800. The van der Waals surface area contributed by atoms with Gasteiger partial charge in [-0.05, 0) is 19.8 Å². The summed E-state index contributed by atoms with van der Waals surface area (Å²) in [6.07, 6.45) is -2.72. The van der Waals surface area contributed by atoms with Crippen molar-refractivity contribution in [3.8, 4) is 0 Å². The molecule has 0 spiro atoms. The van der Waals surface area contributed by atoms with Crippen molar-refractivity contribution in [3.05, 3.63) is 0 Å². The third-order valence-electron chi connectivity index (χ3n) is 4.90. The monoisotopic (exact) mass is 365 g/mol.